The van der Waals surface area contributed by atoms with Gasteiger partial charge in [0.15, 0.2) is 0 Å². The first-order valence-corrected chi connectivity index (χ1v) is 9.50. The van der Waals surface area contributed by atoms with Crippen LogP contribution in [0.25, 0.3) is 0 Å². The van der Waals surface area contributed by atoms with E-state index in [2.05, 4.69) is 5.32 Å². The molecule has 3 nitrogen and oxygen atoms in total. The highest BCUT2D eigenvalue weighted by molar-refractivity contribution is 7.99. The fourth-order valence-electron chi connectivity index (χ4n) is 3.30. The second kappa shape index (κ2) is 6.69. The molecule has 0 aromatic heterocycles. The maximum Gasteiger partial charge on any atom is 0.227 e. The first-order valence-electron chi connectivity index (χ1n) is 8.14. The van der Waals surface area contributed by atoms with Gasteiger partial charge in [-0.2, -0.15) is 0 Å². The minimum Gasteiger partial charge on any atom is -0.492 e. The van der Waals surface area contributed by atoms with Crippen LogP contribution in [0.15, 0.2) is 47.4 Å². The largest absolute Gasteiger partial charge is 0.492 e. The van der Waals surface area contributed by atoms with Gasteiger partial charge < -0.3 is 10.1 Å². The molecule has 0 radical (unpaired) electrons. The average molecular weight is 360 g/mol. The molecule has 2 aromatic carbocycles. The van der Waals surface area contributed by atoms with E-state index in [0.29, 0.717) is 11.6 Å². The number of carbonyl (C=O) groups is 1. The lowest BCUT2D eigenvalue weighted by atomic mass is 9.95. The average Bonchev–Trinajstić information content (AvgIpc) is 2.62. The summed E-state index contributed by atoms with van der Waals surface area (Å²) in [4.78, 5) is 13.9. The maximum atomic E-state index is 12.7. The van der Waals surface area contributed by atoms with Gasteiger partial charge in [0.05, 0.1) is 12.0 Å². The summed E-state index contributed by atoms with van der Waals surface area (Å²) in [6.07, 6.45) is 1.65. The molecule has 0 saturated carbocycles. The van der Waals surface area contributed by atoms with Gasteiger partial charge in [-0.1, -0.05) is 29.8 Å². The zero-order chi connectivity index (χ0) is 16.5. The number of amides is 1. The summed E-state index contributed by atoms with van der Waals surface area (Å²) in [5.74, 6) is 1.82. The number of ether oxygens (including phenoxy) is 1. The molecular formula is C19H18ClNO2S. The van der Waals surface area contributed by atoms with Crippen molar-refractivity contribution in [3.63, 3.8) is 0 Å². The van der Waals surface area contributed by atoms with Crippen molar-refractivity contribution in [3.05, 3.63) is 58.6 Å². The Bertz CT molecular complexity index is 780. The summed E-state index contributed by atoms with van der Waals surface area (Å²) >= 11 is 7.96. The Hall–Kier alpha value is -1.65. The van der Waals surface area contributed by atoms with Crippen LogP contribution in [0, 0.1) is 5.92 Å². The van der Waals surface area contributed by atoms with Gasteiger partial charge >= 0.3 is 0 Å². The predicted octanol–water partition coefficient (Wildman–Crippen LogP) is 4.24. The zero-order valence-corrected chi connectivity index (χ0v) is 14.7. The molecule has 124 valence electrons. The highest BCUT2D eigenvalue weighted by Crippen LogP contribution is 2.38. The second-order valence-electron chi connectivity index (χ2n) is 6.20. The van der Waals surface area contributed by atoms with Crippen molar-refractivity contribution in [1.29, 1.82) is 0 Å². The second-order valence-corrected chi connectivity index (χ2v) is 7.77. The summed E-state index contributed by atoms with van der Waals surface area (Å²) in [7, 11) is 0. The van der Waals surface area contributed by atoms with Crippen LogP contribution in [-0.4, -0.2) is 18.3 Å². The fraction of sp³-hybridized carbons (Fsp3) is 0.316. The van der Waals surface area contributed by atoms with Gasteiger partial charge in [0, 0.05) is 15.7 Å². The number of fused-ring (bicyclic) bond motifs is 2. The summed E-state index contributed by atoms with van der Waals surface area (Å²) < 4.78 is 5.75. The van der Waals surface area contributed by atoms with E-state index in [0.717, 1.165) is 35.5 Å². The lowest BCUT2D eigenvalue weighted by Crippen LogP contribution is -2.40. The van der Waals surface area contributed by atoms with Crippen molar-refractivity contribution >= 4 is 29.3 Å². The minimum absolute atomic E-state index is 0.0321. The van der Waals surface area contributed by atoms with Crippen molar-refractivity contribution in [2.24, 2.45) is 5.92 Å². The number of carbonyl (C=O) groups excluding carboxylic acids is 1. The summed E-state index contributed by atoms with van der Waals surface area (Å²) in [5, 5.41) is 3.93. The minimum atomic E-state index is -0.142. The molecular weight excluding hydrogens is 342 g/mol. The molecule has 0 bridgehead atoms. The molecule has 5 heteroatoms. The van der Waals surface area contributed by atoms with E-state index in [-0.39, 0.29) is 17.9 Å². The Balaban J connectivity index is 1.49. The third-order valence-electron chi connectivity index (χ3n) is 4.58. The lowest BCUT2D eigenvalue weighted by molar-refractivity contribution is -0.127. The number of rotatable bonds is 2. The monoisotopic (exact) mass is 359 g/mol. The van der Waals surface area contributed by atoms with E-state index in [1.807, 2.05) is 54.2 Å². The van der Waals surface area contributed by atoms with Crippen LogP contribution in [0.3, 0.4) is 0 Å². The van der Waals surface area contributed by atoms with Gasteiger partial charge in [0.2, 0.25) is 5.91 Å². The van der Waals surface area contributed by atoms with Crippen molar-refractivity contribution in [2.45, 2.75) is 23.8 Å². The molecule has 2 aliphatic rings. The highest BCUT2D eigenvalue weighted by Gasteiger charge is 2.29. The highest BCUT2D eigenvalue weighted by atomic mass is 35.5. The van der Waals surface area contributed by atoms with Crippen LogP contribution in [0.4, 0.5) is 0 Å². The Kier molecular flexibility index (Phi) is 4.42. The quantitative estimate of drug-likeness (QED) is 0.871. The lowest BCUT2D eigenvalue weighted by Gasteiger charge is -2.29. The molecule has 0 spiro atoms. The van der Waals surface area contributed by atoms with Crippen LogP contribution in [0.1, 0.15) is 23.6 Å². The normalized spacial score (nSPS) is 22.0. The predicted molar refractivity (Wildman–Crippen MR) is 96.8 cm³/mol. The molecule has 0 fully saturated rings. The Labute approximate surface area is 150 Å². The summed E-state index contributed by atoms with van der Waals surface area (Å²) in [6, 6.07) is 13.9. The van der Waals surface area contributed by atoms with Crippen LogP contribution in [-0.2, 0) is 11.2 Å². The molecule has 4 rings (SSSR count). The number of halogens is 1. The number of benzene rings is 2. The van der Waals surface area contributed by atoms with Gasteiger partial charge in [-0.15, -0.1) is 11.8 Å². The Morgan fingerprint density at radius 1 is 1.25 bits per heavy atom. The molecule has 0 aliphatic carbocycles. The van der Waals surface area contributed by atoms with Crippen molar-refractivity contribution in [1.82, 2.24) is 5.32 Å². The van der Waals surface area contributed by atoms with E-state index < -0.39 is 0 Å². The molecule has 1 N–H and O–H groups in total. The van der Waals surface area contributed by atoms with Gasteiger partial charge in [-0.25, -0.2) is 0 Å². The van der Waals surface area contributed by atoms with Gasteiger partial charge in [-0.05, 0) is 48.2 Å². The van der Waals surface area contributed by atoms with Crippen LogP contribution < -0.4 is 10.1 Å². The van der Waals surface area contributed by atoms with Crippen molar-refractivity contribution < 1.29 is 9.53 Å². The smallest absolute Gasteiger partial charge is 0.227 e. The zero-order valence-electron chi connectivity index (χ0n) is 13.1. The van der Waals surface area contributed by atoms with Crippen LogP contribution in [0.5, 0.6) is 5.75 Å². The number of hydrogen-bond donors (Lipinski definition) is 1. The molecule has 0 saturated heterocycles. The standard InChI is InChI=1S/C19H18ClNO2S/c20-14-5-6-18-15(10-14)16(7-8-24-18)21-19(22)13-9-12-3-1-2-4-17(12)23-11-13/h1-6,10,13,16H,7-9,11H2,(H,21,22)/t13-,16+/m0/s1. The number of hydrogen-bond acceptors (Lipinski definition) is 3. The van der Waals surface area contributed by atoms with Crippen molar-refractivity contribution in [3.8, 4) is 5.75 Å². The van der Waals surface area contributed by atoms with E-state index in [4.69, 9.17) is 16.3 Å². The number of para-hydroxylation sites is 1. The third-order valence-corrected chi connectivity index (χ3v) is 5.94. The Morgan fingerprint density at radius 2 is 2.12 bits per heavy atom. The van der Waals surface area contributed by atoms with Crippen molar-refractivity contribution in [2.75, 3.05) is 12.4 Å². The topological polar surface area (TPSA) is 38.3 Å². The third kappa shape index (κ3) is 3.13. The van der Waals surface area contributed by atoms with Gasteiger partial charge in [-0.3, -0.25) is 4.79 Å². The summed E-state index contributed by atoms with van der Waals surface area (Å²) in [6.45, 7) is 0.437. The molecule has 24 heavy (non-hydrogen) atoms. The van der Waals surface area contributed by atoms with E-state index >= 15 is 0 Å². The maximum absolute atomic E-state index is 12.7. The van der Waals surface area contributed by atoms with E-state index in [1.54, 1.807) is 0 Å². The molecule has 0 unspecified atom stereocenters. The Morgan fingerprint density at radius 3 is 3.04 bits per heavy atom. The molecule has 1 amide bonds. The van der Waals surface area contributed by atoms with Gasteiger partial charge in [0.1, 0.15) is 12.4 Å². The van der Waals surface area contributed by atoms with Crippen LogP contribution in [0.2, 0.25) is 5.02 Å². The first kappa shape index (κ1) is 15.9. The molecule has 2 aliphatic heterocycles. The SMILES string of the molecule is O=C(N[C@@H]1CCSc2ccc(Cl)cc21)[C@@H]1COc2ccccc2C1. The molecule has 2 heterocycles. The van der Waals surface area contributed by atoms with Crippen LogP contribution >= 0.6 is 23.4 Å². The molecule has 2 aromatic rings. The van der Waals surface area contributed by atoms with E-state index in [1.165, 1.54) is 4.90 Å². The summed E-state index contributed by atoms with van der Waals surface area (Å²) in [5.41, 5.74) is 2.23. The van der Waals surface area contributed by atoms with Gasteiger partial charge in [0.25, 0.3) is 0 Å². The first-order chi connectivity index (χ1) is 11.7. The molecule has 2 atom stereocenters. The number of nitrogens with one attached hydrogen (secondary N) is 1. The van der Waals surface area contributed by atoms with E-state index in [9.17, 15) is 4.79 Å². The number of thioether (sulfide) groups is 1. The fourth-order valence-corrected chi connectivity index (χ4v) is 4.59.